The quantitative estimate of drug-likeness (QED) is 0.864. The first-order chi connectivity index (χ1) is 11.7. The molecule has 24 heavy (non-hydrogen) atoms. The van der Waals surface area contributed by atoms with E-state index >= 15 is 0 Å². The van der Waals surface area contributed by atoms with Gasteiger partial charge in [0.05, 0.1) is 5.92 Å². The van der Waals surface area contributed by atoms with Crippen LogP contribution in [0.3, 0.4) is 0 Å². The Labute approximate surface area is 146 Å². The van der Waals surface area contributed by atoms with Crippen LogP contribution in [0.15, 0.2) is 41.4 Å². The number of thioether (sulfide) groups is 1. The van der Waals surface area contributed by atoms with E-state index in [1.54, 1.807) is 18.0 Å². The molecule has 2 heterocycles. The van der Waals surface area contributed by atoms with E-state index in [0.717, 1.165) is 41.6 Å². The summed E-state index contributed by atoms with van der Waals surface area (Å²) in [4.78, 5) is 24.7. The highest BCUT2D eigenvalue weighted by Gasteiger charge is 2.27. The normalized spacial score (nSPS) is 17.6. The van der Waals surface area contributed by atoms with E-state index in [-0.39, 0.29) is 11.8 Å². The second-order valence-corrected chi connectivity index (χ2v) is 6.88. The third-order valence-electron chi connectivity index (χ3n) is 4.19. The Morgan fingerprint density at radius 2 is 2.25 bits per heavy atom. The van der Waals surface area contributed by atoms with Gasteiger partial charge in [-0.3, -0.25) is 4.79 Å². The summed E-state index contributed by atoms with van der Waals surface area (Å²) in [6, 6.07) is 9.83. The van der Waals surface area contributed by atoms with Gasteiger partial charge in [-0.15, -0.1) is 11.8 Å². The Morgan fingerprint density at radius 1 is 1.38 bits per heavy atom. The minimum atomic E-state index is -0.0409. The molecular weight excluding hydrogens is 320 g/mol. The largest absolute Gasteiger partial charge is 0.340 e. The maximum atomic E-state index is 12.6. The first kappa shape index (κ1) is 16.8. The molecule has 5 nitrogen and oxygen atoms in total. The number of nitrogens with one attached hydrogen (secondary N) is 1. The Morgan fingerprint density at radius 3 is 3.04 bits per heavy atom. The maximum Gasteiger partial charge on any atom is 0.229 e. The van der Waals surface area contributed by atoms with Crippen LogP contribution in [0.1, 0.15) is 18.5 Å². The lowest BCUT2D eigenvalue weighted by atomic mass is 9.97. The summed E-state index contributed by atoms with van der Waals surface area (Å²) in [6.45, 7) is 3.52. The van der Waals surface area contributed by atoms with Crippen LogP contribution < -0.4 is 10.2 Å². The molecule has 1 fully saturated rings. The first-order valence-corrected chi connectivity index (χ1v) is 9.37. The van der Waals surface area contributed by atoms with Crippen LogP contribution >= 0.6 is 11.8 Å². The molecule has 126 valence electrons. The highest BCUT2D eigenvalue weighted by Crippen LogP contribution is 2.23. The molecule has 0 radical (unpaired) electrons. The maximum absolute atomic E-state index is 12.6. The Balaban J connectivity index is 1.66. The van der Waals surface area contributed by atoms with Crippen molar-refractivity contribution in [3.8, 4) is 0 Å². The zero-order valence-electron chi connectivity index (χ0n) is 14.0. The van der Waals surface area contributed by atoms with Crippen LogP contribution in [0.4, 0.5) is 11.6 Å². The van der Waals surface area contributed by atoms with Gasteiger partial charge in [-0.2, -0.15) is 0 Å². The lowest BCUT2D eigenvalue weighted by Crippen LogP contribution is -2.41. The standard InChI is InChI=1S/C18H22N4OS/c1-13-8-9-19-18(20-13)22-10-4-5-14(12-22)17(23)21-15-6-3-7-16(11-15)24-2/h3,6-9,11,14H,4-5,10,12H2,1-2H3,(H,21,23). The van der Waals surface area contributed by atoms with Crippen molar-refractivity contribution < 1.29 is 4.79 Å². The second kappa shape index (κ2) is 7.66. The topological polar surface area (TPSA) is 58.1 Å². The van der Waals surface area contributed by atoms with E-state index in [1.807, 2.05) is 43.5 Å². The molecule has 1 saturated heterocycles. The summed E-state index contributed by atoms with van der Waals surface area (Å²) >= 11 is 1.67. The molecule has 0 aliphatic carbocycles. The smallest absolute Gasteiger partial charge is 0.229 e. The highest BCUT2D eigenvalue weighted by molar-refractivity contribution is 7.98. The third kappa shape index (κ3) is 4.06. The van der Waals surface area contributed by atoms with Crippen molar-refractivity contribution in [3.05, 3.63) is 42.2 Å². The van der Waals surface area contributed by atoms with Gasteiger partial charge in [-0.25, -0.2) is 9.97 Å². The number of aromatic nitrogens is 2. The van der Waals surface area contributed by atoms with Gasteiger partial charge in [0.25, 0.3) is 0 Å². The van der Waals surface area contributed by atoms with Crippen molar-refractivity contribution in [3.63, 3.8) is 0 Å². The monoisotopic (exact) mass is 342 g/mol. The molecule has 2 aromatic rings. The fourth-order valence-corrected chi connectivity index (χ4v) is 3.37. The minimum Gasteiger partial charge on any atom is -0.340 e. The average molecular weight is 342 g/mol. The van der Waals surface area contributed by atoms with Gasteiger partial charge in [0.15, 0.2) is 0 Å². The van der Waals surface area contributed by atoms with Crippen LogP contribution in [0.25, 0.3) is 0 Å². The number of benzene rings is 1. The lowest BCUT2D eigenvalue weighted by molar-refractivity contribution is -0.120. The Hall–Kier alpha value is -2.08. The summed E-state index contributed by atoms with van der Waals surface area (Å²) < 4.78 is 0. The molecule has 1 aliphatic heterocycles. The summed E-state index contributed by atoms with van der Waals surface area (Å²) in [5.74, 6) is 0.753. The number of hydrogen-bond donors (Lipinski definition) is 1. The van der Waals surface area contributed by atoms with Crippen molar-refractivity contribution >= 4 is 29.3 Å². The molecule has 1 N–H and O–H groups in total. The van der Waals surface area contributed by atoms with Crippen LogP contribution in [0, 0.1) is 12.8 Å². The van der Waals surface area contributed by atoms with Crippen molar-refractivity contribution in [2.75, 3.05) is 29.6 Å². The summed E-state index contributed by atoms with van der Waals surface area (Å²) in [5.41, 5.74) is 1.80. The molecule has 0 bridgehead atoms. The van der Waals surface area contributed by atoms with Gasteiger partial charge in [-0.05, 0) is 50.3 Å². The van der Waals surface area contributed by atoms with Crippen molar-refractivity contribution in [1.82, 2.24) is 9.97 Å². The van der Waals surface area contributed by atoms with Crippen LogP contribution in [0.5, 0.6) is 0 Å². The predicted octanol–water partition coefficient (Wildman–Crippen LogP) is 3.36. The van der Waals surface area contributed by atoms with Gasteiger partial charge in [-0.1, -0.05) is 6.07 Å². The molecule has 0 saturated carbocycles. The zero-order chi connectivity index (χ0) is 16.9. The van der Waals surface area contributed by atoms with E-state index in [2.05, 4.69) is 20.2 Å². The molecular formula is C18H22N4OS. The van der Waals surface area contributed by atoms with Gasteiger partial charge in [0.2, 0.25) is 11.9 Å². The molecule has 1 aromatic carbocycles. The number of carbonyl (C=O) groups is 1. The Bertz CT molecular complexity index is 722. The molecule has 0 spiro atoms. The number of anilines is 2. The summed E-state index contributed by atoms with van der Waals surface area (Å²) in [7, 11) is 0. The fraction of sp³-hybridized carbons (Fsp3) is 0.389. The molecule has 1 amide bonds. The van der Waals surface area contributed by atoms with E-state index in [1.165, 1.54) is 0 Å². The van der Waals surface area contributed by atoms with Gasteiger partial charge in [0, 0.05) is 35.6 Å². The zero-order valence-corrected chi connectivity index (χ0v) is 14.8. The molecule has 1 atom stereocenters. The number of carbonyl (C=O) groups excluding carboxylic acids is 1. The Kier molecular flexibility index (Phi) is 5.35. The van der Waals surface area contributed by atoms with E-state index in [9.17, 15) is 4.79 Å². The molecule has 1 unspecified atom stereocenters. The van der Waals surface area contributed by atoms with Gasteiger partial charge < -0.3 is 10.2 Å². The highest BCUT2D eigenvalue weighted by atomic mass is 32.2. The van der Waals surface area contributed by atoms with Crippen LogP contribution in [0.2, 0.25) is 0 Å². The summed E-state index contributed by atoms with van der Waals surface area (Å²) in [5, 5.41) is 3.05. The molecule has 1 aliphatic rings. The molecule has 3 rings (SSSR count). The van der Waals surface area contributed by atoms with Crippen LogP contribution in [-0.4, -0.2) is 35.2 Å². The van der Waals surface area contributed by atoms with E-state index in [4.69, 9.17) is 0 Å². The minimum absolute atomic E-state index is 0.0409. The number of hydrogen-bond acceptors (Lipinski definition) is 5. The SMILES string of the molecule is CSc1cccc(NC(=O)C2CCCN(c3nccc(C)n3)C2)c1. The number of nitrogens with zero attached hydrogens (tertiary/aromatic N) is 3. The van der Waals surface area contributed by atoms with Crippen LogP contribution in [-0.2, 0) is 4.79 Å². The second-order valence-electron chi connectivity index (χ2n) is 6.00. The first-order valence-electron chi connectivity index (χ1n) is 8.15. The lowest BCUT2D eigenvalue weighted by Gasteiger charge is -2.32. The third-order valence-corrected chi connectivity index (χ3v) is 4.92. The van der Waals surface area contributed by atoms with Crippen molar-refractivity contribution in [1.29, 1.82) is 0 Å². The van der Waals surface area contributed by atoms with E-state index in [0.29, 0.717) is 6.54 Å². The predicted molar refractivity (Wildman–Crippen MR) is 98.6 cm³/mol. The average Bonchev–Trinajstić information content (AvgIpc) is 2.62. The molecule has 6 heteroatoms. The summed E-state index contributed by atoms with van der Waals surface area (Å²) in [6.07, 6.45) is 5.67. The number of piperidine rings is 1. The number of rotatable bonds is 4. The molecule has 1 aromatic heterocycles. The van der Waals surface area contributed by atoms with Gasteiger partial charge >= 0.3 is 0 Å². The van der Waals surface area contributed by atoms with Crippen molar-refractivity contribution in [2.45, 2.75) is 24.7 Å². The van der Waals surface area contributed by atoms with Gasteiger partial charge in [0.1, 0.15) is 0 Å². The van der Waals surface area contributed by atoms with Crippen molar-refractivity contribution in [2.24, 2.45) is 5.92 Å². The fourth-order valence-electron chi connectivity index (χ4n) is 2.91. The van der Waals surface area contributed by atoms with E-state index < -0.39 is 0 Å². The number of amides is 1. The number of aryl methyl sites for hydroxylation is 1.